The first-order chi connectivity index (χ1) is 12.7. The molecule has 0 radical (unpaired) electrons. The molecule has 1 amide bonds. The van der Waals surface area contributed by atoms with Crippen molar-refractivity contribution in [1.29, 1.82) is 0 Å². The second-order valence-electron chi connectivity index (χ2n) is 7.95. The SMILES string of the molecule is CO[C@@]12CC[C@@H](NC(=O)C3CCOCC3)C[C@@H]1N(Cc1ccn[nH]1)CC2. The number of amides is 1. The van der Waals surface area contributed by atoms with Gasteiger partial charge < -0.3 is 14.8 Å². The summed E-state index contributed by atoms with van der Waals surface area (Å²) in [6, 6.07) is 2.60. The highest BCUT2D eigenvalue weighted by Gasteiger charge is 2.51. The summed E-state index contributed by atoms with van der Waals surface area (Å²) in [7, 11) is 1.84. The molecule has 0 aromatic carbocycles. The summed E-state index contributed by atoms with van der Waals surface area (Å²) in [6.07, 6.45) is 7.50. The molecule has 3 heterocycles. The summed E-state index contributed by atoms with van der Waals surface area (Å²) in [4.78, 5) is 15.1. The third-order valence-electron chi connectivity index (χ3n) is 6.57. The van der Waals surface area contributed by atoms with Gasteiger partial charge in [-0.1, -0.05) is 0 Å². The van der Waals surface area contributed by atoms with E-state index < -0.39 is 0 Å². The van der Waals surface area contributed by atoms with Gasteiger partial charge in [0.2, 0.25) is 5.91 Å². The van der Waals surface area contributed by atoms with E-state index in [0.29, 0.717) is 19.3 Å². The predicted molar refractivity (Wildman–Crippen MR) is 96.5 cm³/mol. The van der Waals surface area contributed by atoms with Crippen LogP contribution in [-0.4, -0.2) is 65.6 Å². The third kappa shape index (κ3) is 3.52. The number of hydrogen-bond donors (Lipinski definition) is 2. The highest BCUT2D eigenvalue weighted by molar-refractivity contribution is 5.79. The molecule has 7 nitrogen and oxygen atoms in total. The Bertz CT molecular complexity index is 602. The zero-order valence-corrected chi connectivity index (χ0v) is 15.6. The van der Waals surface area contributed by atoms with Crippen LogP contribution >= 0.6 is 0 Å². The van der Waals surface area contributed by atoms with Crippen LogP contribution in [0.2, 0.25) is 0 Å². The van der Waals surface area contributed by atoms with Gasteiger partial charge in [-0.25, -0.2) is 0 Å². The Morgan fingerprint density at radius 3 is 3.00 bits per heavy atom. The van der Waals surface area contributed by atoms with Crippen molar-refractivity contribution in [2.24, 2.45) is 5.92 Å². The number of fused-ring (bicyclic) bond motifs is 1. The molecule has 1 aliphatic carbocycles. The van der Waals surface area contributed by atoms with Crippen molar-refractivity contribution >= 4 is 5.91 Å². The van der Waals surface area contributed by atoms with Crippen LogP contribution < -0.4 is 5.32 Å². The molecular formula is C19H30N4O3. The van der Waals surface area contributed by atoms with E-state index in [0.717, 1.165) is 57.3 Å². The summed E-state index contributed by atoms with van der Waals surface area (Å²) in [5, 5.41) is 10.4. The molecule has 0 spiro atoms. The quantitative estimate of drug-likeness (QED) is 0.829. The number of ether oxygens (including phenoxy) is 2. The molecule has 0 bridgehead atoms. The average molecular weight is 362 g/mol. The number of H-pyrrole nitrogens is 1. The topological polar surface area (TPSA) is 79.5 Å². The fourth-order valence-corrected chi connectivity index (χ4v) is 4.98. The molecule has 3 atom stereocenters. The maximum absolute atomic E-state index is 12.6. The highest BCUT2D eigenvalue weighted by atomic mass is 16.5. The van der Waals surface area contributed by atoms with Crippen molar-refractivity contribution in [3.63, 3.8) is 0 Å². The number of hydrogen-bond acceptors (Lipinski definition) is 5. The number of aromatic nitrogens is 2. The number of aromatic amines is 1. The maximum atomic E-state index is 12.6. The van der Waals surface area contributed by atoms with Gasteiger partial charge in [0.25, 0.3) is 0 Å². The Balaban J connectivity index is 1.40. The Hall–Kier alpha value is -1.44. The van der Waals surface area contributed by atoms with Crippen LogP contribution in [0.25, 0.3) is 0 Å². The first kappa shape index (κ1) is 17.9. The van der Waals surface area contributed by atoms with E-state index in [1.54, 1.807) is 6.20 Å². The van der Waals surface area contributed by atoms with Crippen LogP contribution in [0.1, 0.15) is 44.2 Å². The van der Waals surface area contributed by atoms with E-state index in [1.807, 2.05) is 13.2 Å². The Labute approximate surface area is 154 Å². The van der Waals surface area contributed by atoms with Crippen molar-refractivity contribution in [3.05, 3.63) is 18.0 Å². The van der Waals surface area contributed by atoms with Crippen LogP contribution in [-0.2, 0) is 20.8 Å². The smallest absolute Gasteiger partial charge is 0.223 e. The molecule has 2 saturated heterocycles. The van der Waals surface area contributed by atoms with Gasteiger partial charge in [0.1, 0.15) is 0 Å². The van der Waals surface area contributed by atoms with Gasteiger partial charge in [-0.3, -0.25) is 14.8 Å². The number of methoxy groups -OCH3 is 1. The average Bonchev–Trinajstić information content (AvgIpc) is 3.32. The predicted octanol–water partition coefficient (Wildman–Crippen LogP) is 1.46. The number of carbonyl (C=O) groups is 1. The van der Waals surface area contributed by atoms with Gasteiger partial charge in [-0.15, -0.1) is 0 Å². The molecule has 26 heavy (non-hydrogen) atoms. The summed E-state index contributed by atoms with van der Waals surface area (Å²) < 4.78 is 11.4. The van der Waals surface area contributed by atoms with Crippen molar-refractivity contribution in [2.45, 2.75) is 62.8 Å². The molecular weight excluding hydrogens is 332 g/mol. The molecule has 4 rings (SSSR count). The van der Waals surface area contributed by atoms with Gasteiger partial charge >= 0.3 is 0 Å². The molecule has 1 aromatic heterocycles. The van der Waals surface area contributed by atoms with Gasteiger partial charge in [-0.05, 0) is 44.6 Å². The van der Waals surface area contributed by atoms with E-state index in [1.165, 1.54) is 0 Å². The first-order valence-corrected chi connectivity index (χ1v) is 9.86. The Morgan fingerprint density at radius 2 is 2.27 bits per heavy atom. The van der Waals surface area contributed by atoms with E-state index in [4.69, 9.17) is 9.47 Å². The molecule has 7 heteroatoms. The largest absolute Gasteiger partial charge is 0.381 e. The molecule has 144 valence electrons. The minimum Gasteiger partial charge on any atom is -0.381 e. The molecule has 3 fully saturated rings. The monoisotopic (exact) mass is 362 g/mol. The van der Waals surface area contributed by atoms with Crippen LogP contribution in [0.4, 0.5) is 0 Å². The molecule has 1 aromatic rings. The summed E-state index contributed by atoms with van der Waals surface area (Å²) in [5.41, 5.74) is 1.06. The minimum absolute atomic E-state index is 0.0695. The molecule has 2 N–H and O–H groups in total. The minimum atomic E-state index is -0.0695. The molecule has 1 saturated carbocycles. The van der Waals surface area contributed by atoms with Gasteiger partial charge in [0, 0.05) is 63.3 Å². The van der Waals surface area contributed by atoms with Crippen molar-refractivity contribution in [1.82, 2.24) is 20.4 Å². The lowest BCUT2D eigenvalue weighted by Gasteiger charge is -2.44. The second-order valence-corrected chi connectivity index (χ2v) is 7.95. The van der Waals surface area contributed by atoms with Crippen molar-refractivity contribution in [2.75, 3.05) is 26.9 Å². The van der Waals surface area contributed by atoms with Crippen molar-refractivity contribution in [3.8, 4) is 0 Å². The number of nitrogens with one attached hydrogen (secondary N) is 2. The van der Waals surface area contributed by atoms with Gasteiger partial charge in [-0.2, -0.15) is 5.10 Å². The zero-order chi connectivity index (χ0) is 18.0. The van der Waals surface area contributed by atoms with Crippen LogP contribution in [0.5, 0.6) is 0 Å². The van der Waals surface area contributed by atoms with E-state index >= 15 is 0 Å². The van der Waals surface area contributed by atoms with Gasteiger partial charge in [0.05, 0.1) is 5.60 Å². The molecule has 3 aliphatic rings. The number of rotatable bonds is 5. The fraction of sp³-hybridized carbons (Fsp3) is 0.789. The lowest BCUT2D eigenvalue weighted by molar-refractivity contribution is -0.130. The maximum Gasteiger partial charge on any atom is 0.223 e. The van der Waals surface area contributed by atoms with Crippen LogP contribution in [0.3, 0.4) is 0 Å². The fourth-order valence-electron chi connectivity index (χ4n) is 4.98. The number of nitrogens with zero attached hydrogens (tertiary/aromatic N) is 2. The van der Waals surface area contributed by atoms with Crippen LogP contribution in [0, 0.1) is 5.92 Å². The van der Waals surface area contributed by atoms with E-state index in [2.05, 4.69) is 20.4 Å². The normalized spacial score (nSPS) is 33.1. The lowest BCUT2D eigenvalue weighted by Crippen LogP contribution is -2.55. The van der Waals surface area contributed by atoms with E-state index in [-0.39, 0.29) is 23.5 Å². The Kier molecular flexibility index (Phi) is 5.29. The second kappa shape index (κ2) is 7.66. The first-order valence-electron chi connectivity index (χ1n) is 9.86. The summed E-state index contributed by atoms with van der Waals surface area (Å²) >= 11 is 0. The number of carbonyl (C=O) groups excluding carboxylic acids is 1. The highest BCUT2D eigenvalue weighted by Crippen LogP contribution is 2.43. The van der Waals surface area contributed by atoms with Crippen LogP contribution in [0.15, 0.2) is 12.3 Å². The molecule has 2 aliphatic heterocycles. The third-order valence-corrected chi connectivity index (χ3v) is 6.57. The molecule has 0 unspecified atom stereocenters. The van der Waals surface area contributed by atoms with Gasteiger partial charge in [0.15, 0.2) is 0 Å². The lowest BCUT2D eigenvalue weighted by atomic mass is 9.78. The van der Waals surface area contributed by atoms with E-state index in [9.17, 15) is 4.79 Å². The standard InChI is InChI=1S/C19H30N4O3/c1-25-19-6-2-15(21-18(24)14-4-10-26-11-5-14)12-17(19)23(9-7-19)13-16-3-8-20-22-16/h3,8,14-15,17H,2,4-7,9-13H2,1H3,(H,20,22)(H,21,24)/t15-,17+,19-/m1/s1. The summed E-state index contributed by atoms with van der Waals surface area (Å²) in [6.45, 7) is 3.29. The summed E-state index contributed by atoms with van der Waals surface area (Å²) in [5.74, 6) is 0.323. The Morgan fingerprint density at radius 1 is 1.42 bits per heavy atom. The van der Waals surface area contributed by atoms with Crippen molar-refractivity contribution < 1.29 is 14.3 Å². The zero-order valence-electron chi connectivity index (χ0n) is 15.6. The number of likely N-dealkylation sites (tertiary alicyclic amines) is 1.